The molecule has 2 unspecified atom stereocenters. The average Bonchev–Trinajstić information content (AvgIpc) is 3.12. The van der Waals surface area contributed by atoms with Gasteiger partial charge in [0.2, 0.25) is 0 Å². The highest BCUT2D eigenvalue weighted by molar-refractivity contribution is 5.89. The molecule has 2 atom stereocenters. The second-order valence-corrected chi connectivity index (χ2v) is 7.93. The Bertz CT molecular complexity index is 1050. The fraction of sp³-hybridized carbons (Fsp3) is 0.450. The van der Waals surface area contributed by atoms with Crippen LogP contribution in [0.4, 0.5) is 14.6 Å². The van der Waals surface area contributed by atoms with Crippen LogP contribution in [0.15, 0.2) is 24.4 Å². The highest BCUT2D eigenvalue weighted by atomic mass is 19.1. The normalized spacial score (nSPS) is 19.7. The highest BCUT2D eigenvalue weighted by Gasteiger charge is 2.38. The summed E-state index contributed by atoms with van der Waals surface area (Å²) in [7, 11) is 0. The first kappa shape index (κ1) is 19.7. The van der Waals surface area contributed by atoms with E-state index in [1.807, 2.05) is 13.8 Å². The van der Waals surface area contributed by atoms with Gasteiger partial charge >= 0.3 is 0 Å². The number of hydrogen-bond acceptors (Lipinski definition) is 6. The van der Waals surface area contributed by atoms with Crippen LogP contribution in [-0.2, 0) is 0 Å². The molecule has 3 N–H and O–H groups in total. The summed E-state index contributed by atoms with van der Waals surface area (Å²) in [5.74, 6) is -1.45. The molecule has 0 radical (unpaired) electrons. The van der Waals surface area contributed by atoms with E-state index in [9.17, 15) is 13.9 Å². The minimum Gasteiger partial charge on any atom is -0.388 e. The first-order chi connectivity index (χ1) is 13.8. The molecular formula is C20H28F2N6O. The molecule has 7 nitrogen and oxygen atoms in total. The van der Waals surface area contributed by atoms with Gasteiger partial charge in [-0.1, -0.05) is 13.8 Å². The molecule has 0 aliphatic carbocycles. The van der Waals surface area contributed by atoms with Crippen LogP contribution >= 0.6 is 0 Å². The quantitative estimate of drug-likeness (QED) is 0.617. The van der Waals surface area contributed by atoms with Crippen molar-refractivity contribution in [3.05, 3.63) is 36.0 Å². The summed E-state index contributed by atoms with van der Waals surface area (Å²) in [5, 5.41) is 21.6. The zero-order valence-corrected chi connectivity index (χ0v) is 16.6. The Morgan fingerprint density at radius 1 is 1.34 bits per heavy atom. The van der Waals surface area contributed by atoms with Crippen LogP contribution < -0.4 is 10.2 Å². The average molecular weight is 406 g/mol. The topological polar surface area (TPSA) is 90.0 Å². The van der Waals surface area contributed by atoms with Crippen molar-refractivity contribution in [2.24, 2.45) is 5.92 Å². The van der Waals surface area contributed by atoms with Gasteiger partial charge in [0.25, 0.3) is 0 Å². The number of anilines is 1. The van der Waals surface area contributed by atoms with Crippen molar-refractivity contribution in [3.63, 3.8) is 0 Å². The van der Waals surface area contributed by atoms with Crippen molar-refractivity contribution < 1.29 is 16.7 Å². The Morgan fingerprint density at radius 2 is 2.14 bits per heavy atom. The summed E-state index contributed by atoms with van der Waals surface area (Å²) in [6.45, 7) is 7.04. The van der Waals surface area contributed by atoms with Gasteiger partial charge in [-0.2, -0.15) is 5.10 Å². The second-order valence-electron chi connectivity index (χ2n) is 7.93. The molecule has 0 bridgehead atoms. The van der Waals surface area contributed by atoms with Crippen LogP contribution in [0.1, 0.15) is 23.6 Å². The lowest BCUT2D eigenvalue weighted by molar-refractivity contribution is -0.0232. The van der Waals surface area contributed by atoms with Crippen LogP contribution in [-0.4, -0.2) is 56.5 Å². The molecule has 3 aromatic rings. The van der Waals surface area contributed by atoms with Gasteiger partial charge in [-0.3, -0.25) is 5.10 Å². The van der Waals surface area contributed by atoms with Crippen LogP contribution in [0.5, 0.6) is 0 Å². The Hall–Kier alpha value is -2.65. The molecule has 1 aliphatic rings. The van der Waals surface area contributed by atoms with Crippen molar-refractivity contribution >= 4 is 16.9 Å². The number of aliphatic hydroxyl groups is 1. The fourth-order valence-corrected chi connectivity index (χ4v) is 3.62. The van der Waals surface area contributed by atoms with Crippen molar-refractivity contribution in [1.82, 2.24) is 25.5 Å². The van der Waals surface area contributed by atoms with Crippen LogP contribution in [0.3, 0.4) is 0 Å². The third kappa shape index (κ3) is 3.44. The standard InChI is InChI=1S/C20H24F2N6O.2H2/c1-11(2)20(3,29)15-10-28(8-7-23-15)19-14(22)9-13(21)17(25-19)16-12-5-4-6-24-18(12)27-26-16;;/h4-6,9,11,15,23,29H,7-8,10H2,1-3H3,(H,24,26,27);2*1H. The summed E-state index contributed by atoms with van der Waals surface area (Å²) < 4.78 is 29.3. The number of nitrogens with zero attached hydrogens (tertiary/aromatic N) is 4. The molecule has 0 aromatic carbocycles. The summed E-state index contributed by atoms with van der Waals surface area (Å²) in [4.78, 5) is 10.2. The van der Waals surface area contributed by atoms with Gasteiger partial charge in [0, 0.05) is 40.1 Å². The molecule has 1 saturated heterocycles. The van der Waals surface area contributed by atoms with E-state index in [1.165, 1.54) is 0 Å². The Morgan fingerprint density at radius 3 is 2.90 bits per heavy atom. The highest BCUT2D eigenvalue weighted by Crippen LogP contribution is 2.31. The second kappa shape index (κ2) is 7.31. The SMILES string of the molecule is CC(C)C(C)(O)C1CN(c2nc(-c3[nH]nc4ncccc34)c(F)cc2F)CCN1.[HH].[HH]. The van der Waals surface area contributed by atoms with Gasteiger partial charge in [-0.25, -0.2) is 18.7 Å². The summed E-state index contributed by atoms with van der Waals surface area (Å²) in [5.41, 5.74) is -0.205. The van der Waals surface area contributed by atoms with E-state index in [0.717, 1.165) is 6.07 Å². The van der Waals surface area contributed by atoms with Crippen molar-refractivity contribution in [2.75, 3.05) is 24.5 Å². The Labute approximate surface area is 170 Å². The summed E-state index contributed by atoms with van der Waals surface area (Å²) >= 11 is 0. The smallest absolute Gasteiger partial charge is 0.181 e. The number of halogens is 2. The van der Waals surface area contributed by atoms with Crippen molar-refractivity contribution in [2.45, 2.75) is 32.4 Å². The molecule has 1 fully saturated rings. The molecule has 1 aliphatic heterocycles. The van der Waals surface area contributed by atoms with Gasteiger partial charge < -0.3 is 15.3 Å². The minimum atomic E-state index is -0.983. The van der Waals surface area contributed by atoms with Crippen molar-refractivity contribution in [3.8, 4) is 11.4 Å². The van der Waals surface area contributed by atoms with Gasteiger partial charge in [-0.05, 0) is 25.0 Å². The summed E-state index contributed by atoms with van der Waals surface area (Å²) in [6.07, 6.45) is 1.59. The lowest BCUT2D eigenvalue weighted by Crippen LogP contribution is -2.62. The molecule has 29 heavy (non-hydrogen) atoms. The number of aromatic nitrogens is 4. The van der Waals surface area contributed by atoms with Gasteiger partial charge in [-0.15, -0.1) is 0 Å². The van der Waals surface area contributed by atoms with Crippen LogP contribution in [0.25, 0.3) is 22.4 Å². The van der Waals surface area contributed by atoms with E-state index < -0.39 is 17.2 Å². The number of H-pyrrole nitrogens is 1. The maximum Gasteiger partial charge on any atom is 0.181 e. The number of rotatable bonds is 4. The molecule has 9 heteroatoms. The maximum absolute atomic E-state index is 14.7. The van der Waals surface area contributed by atoms with Crippen molar-refractivity contribution in [1.29, 1.82) is 0 Å². The van der Waals surface area contributed by atoms with E-state index >= 15 is 0 Å². The number of fused-ring (bicyclic) bond motifs is 1. The lowest BCUT2D eigenvalue weighted by Gasteiger charge is -2.43. The maximum atomic E-state index is 14.7. The molecule has 3 aromatic heterocycles. The van der Waals surface area contributed by atoms with Gasteiger partial charge in [0.1, 0.15) is 5.69 Å². The minimum absolute atomic E-state index is 0. The zero-order chi connectivity index (χ0) is 20.8. The van der Waals surface area contributed by atoms with Crippen LogP contribution in [0, 0.1) is 17.6 Å². The molecule has 0 saturated carbocycles. The van der Waals surface area contributed by atoms with E-state index in [-0.39, 0.29) is 26.3 Å². The predicted molar refractivity (Wildman–Crippen MR) is 111 cm³/mol. The fourth-order valence-electron chi connectivity index (χ4n) is 3.62. The Balaban J connectivity index is 0.00000171. The molecular weight excluding hydrogens is 378 g/mol. The number of aromatic amines is 1. The third-order valence-corrected chi connectivity index (χ3v) is 5.83. The zero-order valence-electron chi connectivity index (χ0n) is 16.6. The number of hydrogen-bond donors (Lipinski definition) is 3. The van der Waals surface area contributed by atoms with E-state index in [0.29, 0.717) is 36.4 Å². The molecule has 4 rings (SSSR count). The predicted octanol–water partition coefficient (Wildman–Crippen LogP) is 2.98. The molecule has 158 valence electrons. The monoisotopic (exact) mass is 406 g/mol. The number of nitrogens with one attached hydrogen (secondary N) is 2. The van der Waals surface area contributed by atoms with Gasteiger partial charge in [0.05, 0.1) is 17.3 Å². The van der Waals surface area contributed by atoms with E-state index in [4.69, 9.17) is 0 Å². The third-order valence-electron chi connectivity index (χ3n) is 5.83. The Kier molecular flexibility index (Phi) is 4.95. The number of piperazine rings is 1. The van der Waals surface area contributed by atoms with E-state index in [2.05, 4.69) is 25.5 Å². The first-order valence-electron chi connectivity index (χ1n) is 9.65. The molecule has 0 amide bonds. The summed E-state index contributed by atoms with van der Waals surface area (Å²) in [6, 6.07) is 4.05. The molecule has 4 heterocycles. The largest absolute Gasteiger partial charge is 0.388 e. The van der Waals surface area contributed by atoms with Crippen LogP contribution in [0.2, 0.25) is 0 Å². The first-order valence-corrected chi connectivity index (χ1v) is 9.65. The molecule has 0 spiro atoms. The number of pyridine rings is 2. The lowest BCUT2D eigenvalue weighted by atomic mass is 9.84. The van der Waals surface area contributed by atoms with E-state index in [1.54, 1.807) is 30.2 Å². The van der Waals surface area contributed by atoms with Gasteiger partial charge in [0.15, 0.2) is 23.1 Å².